The van der Waals surface area contributed by atoms with Crippen molar-refractivity contribution >= 4 is 29.9 Å². The van der Waals surface area contributed by atoms with Crippen LogP contribution in [-0.2, 0) is 6.54 Å². The molecule has 1 aromatic rings. The summed E-state index contributed by atoms with van der Waals surface area (Å²) >= 11 is 0. The minimum Gasteiger partial charge on any atom is -0.353 e. The maximum atomic E-state index is 4.29. The fourth-order valence-electron chi connectivity index (χ4n) is 2.49. The lowest BCUT2D eigenvalue weighted by atomic mass is 10.1. The molecule has 112 valence electrons. The van der Waals surface area contributed by atoms with Crippen LogP contribution in [0.15, 0.2) is 29.3 Å². The summed E-state index contributed by atoms with van der Waals surface area (Å²) in [5, 5.41) is 6.89. The second-order valence-electron chi connectivity index (χ2n) is 5.45. The molecule has 2 rings (SSSR count). The van der Waals surface area contributed by atoms with E-state index in [1.165, 1.54) is 30.4 Å². The maximum Gasteiger partial charge on any atom is 0.191 e. The van der Waals surface area contributed by atoms with Gasteiger partial charge >= 0.3 is 0 Å². The predicted molar refractivity (Wildman–Crippen MR) is 96.7 cm³/mol. The van der Waals surface area contributed by atoms with Gasteiger partial charge in [0.2, 0.25) is 0 Å². The zero-order chi connectivity index (χ0) is 13.7. The average molecular weight is 387 g/mol. The Bertz CT molecular complexity index is 445. The van der Waals surface area contributed by atoms with Gasteiger partial charge in [0.15, 0.2) is 5.96 Å². The zero-order valence-electron chi connectivity index (χ0n) is 12.6. The standard InChI is InChI=1S/C16H25N3.HI/c1-4-6-14-10-15(14)19-16(17-3)18-11-13-8-5-7-12(2)9-13;/h5,7-9,14-15H,4,6,10-11H2,1-3H3,(H2,17,18,19);1H. The number of aliphatic imine (C=N–C) groups is 1. The van der Waals surface area contributed by atoms with Crippen LogP contribution in [-0.4, -0.2) is 19.0 Å². The van der Waals surface area contributed by atoms with Crippen LogP contribution in [0.25, 0.3) is 0 Å². The molecule has 4 heteroatoms. The summed E-state index contributed by atoms with van der Waals surface area (Å²) in [5.41, 5.74) is 2.59. The molecule has 0 heterocycles. The van der Waals surface area contributed by atoms with Crippen LogP contribution in [0.5, 0.6) is 0 Å². The SMILES string of the molecule is CCCC1CC1NC(=NC)NCc1cccc(C)c1.I. The van der Waals surface area contributed by atoms with Gasteiger partial charge < -0.3 is 10.6 Å². The van der Waals surface area contributed by atoms with Crippen molar-refractivity contribution in [2.24, 2.45) is 10.9 Å². The van der Waals surface area contributed by atoms with Crippen LogP contribution < -0.4 is 10.6 Å². The van der Waals surface area contributed by atoms with E-state index in [0.717, 1.165) is 18.4 Å². The number of hydrogen-bond acceptors (Lipinski definition) is 1. The van der Waals surface area contributed by atoms with Gasteiger partial charge in [-0.05, 0) is 31.2 Å². The lowest BCUT2D eigenvalue weighted by molar-refractivity contribution is 0.655. The normalized spacial score (nSPS) is 21.1. The third-order valence-corrected chi connectivity index (χ3v) is 3.67. The van der Waals surface area contributed by atoms with Crippen LogP contribution in [0.2, 0.25) is 0 Å². The average Bonchev–Trinajstić information content (AvgIpc) is 3.13. The minimum atomic E-state index is 0. The van der Waals surface area contributed by atoms with E-state index >= 15 is 0 Å². The molecule has 0 bridgehead atoms. The zero-order valence-corrected chi connectivity index (χ0v) is 15.0. The van der Waals surface area contributed by atoms with E-state index < -0.39 is 0 Å². The first kappa shape index (κ1) is 17.3. The molecule has 0 aromatic heterocycles. The third kappa shape index (κ3) is 5.31. The fraction of sp³-hybridized carbons (Fsp3) is 0.562. The lowest BCUT2D eigenvalue weighted by Gasteiger charge is -2.12. The Balaban J connectivity index is 0.00000200. The Morgan fingerprint density at radius 2 is 2.20 bits per heavy atom. The molecule has 0 spiro atoms. The lowest BCUT2D eigenvalue weighted by Crippen LogP contribution is -2.38. The first-order valence-corrected chi connectivity index (χ1v) is 7.25. The number of rotatable bonds is 5. The van der Waals surface area contributed by atoms with Gasteiger partial charge in [-0.15, -0.1) is 24.0 Å². The summed E-state index contributed by atoms with van der Waals surface area (Å²) < 4.78 is 0. The highest BCUT2D eigenvalue weighted by molar-refractivity contribution is 14.0. The van der Waals surface area contributed by atoms with Crippen molar-refractivity contribution in [1.82, 2.24) is 10.6 Å². The fourth-order valence-corrected chi connectivity index (χ4v) is 2.49. The predicted octanol–water partition coefficient (Wildman–Crippen LogP) is 3.47. The molecule has 1 fully saturated rings. The van der Waals surface area contributed by atoms with Crippen molar-refractivity contribution in [3.05, 3.63) is 35.4 Å². The second kappa shape index (κ2) is 8.49. The molecule has 1 aromatic carbocycles. The van der Waals surface area contributed by atoms with Gasteiger partial charge in [-0.1, -0.05) is 43.2 Å². The van der Waals surface area contributed by atoms with E-state index in [1.807, 2.05) is 7.05 Å². The number of halogens is 1. The van der Waals surface area contributed by atoms with Crippen molar-refractivity contribution in [1.29, 1.82) is 0 Å². The number of aryl methyl sites for hydroxylation is 1. The molecule has 3 nitrogen and oxygen atoms in total. The van der Waals surface area contributed by atoms with Gasteiger partial charge in [0.25, 0.3) is 0 Å². The largest absolute Gasteiger partial charge is 0.353 e. The van der Waals surface area contributed by atoms with Crippen molar-refractivity contribution < 1.29 is 0 Å². The molecule has 1 saturated carbocycles. The Labute approximate surface area is 139 Å². The number of guanidine groups is 1. The molecule has 2 unspecified atom stereocenters. The first-order chi connectivity index (χ1) is 9.22. The molecule has 0 saturated heterocycles. The molecule has 2 atom stereocenters. The topological polar surface area (TPSA) is 36.4 Å². The molecule has 20 heavy (non-hydrogen) atoms. The Morgan fingerprint density at radius 1 is 1.40 bits per heavy atom. The van der Waals surface area contributed by atoms with E-state index in [-0.39, 0.29) is 24.0 Å². The van der Waals surface area contributed by atoms with Crippen LogP contribution in [0.4, 0.5) is 0 Å². The summed E-state index contributed by atoms with van der Waals surface area (Å²) in [4.78, 5) is 4.29. The van der Waals surface area contributed by atoms with Gasteiger partial charge in [0.05, 0.1) is 0 Å². The number of nitrogens with one attached hydrogen (secondary N) is 2. The molecule has 1 aliphatic rings. The molecule has 0 radical (unpaired) electrons. The Morgan fingerprint density at radius 3 is 2.85 bits per heavy atom. The third-order valence-electron chi connectivity index (χ3n) is 3.67. The number of nitrogens with zero attached hydrogens (tertiary/aromatic N) is 1. The summed E-state index contributed by atoms with van der Waals surface area (Å²) in [6.07, 6.45) is 3.89. The van der Waals surface area contributed by atoms with Crippen LogP contribution in [0.1, 0.15) is 37.3 Å². The summed E-state index contributed by atoms with van der Waals surface area (Å²) in [7, 11) is 1.84. The van der Waals surface area contributed by atoms with Gasteiger partial charge in [0, 0.05) is 19.6 Å². The molecule has 2 N–H and O–H groups in total. The van der Waals surface area contributed by atoms with E-state index in [9.17, 15) is 0 Å². The van der Waals surface area contributed by atoms with E-state index in [0.29, 0.717) is 6.04 Å². The van der Waals surface area contributed by atoms with Crippen molar-refractivity contribution in [3.8, 4) is 0 Å². The summed E-state index contributed by atoms with van der Waals surface area (Å²) in [6.45, 7) is 5.20. The van der Waals surface area contributed by atoms with Crippen LogP contribution in [0.3, 0.4) is 0 Å². The van der Waals surface area contributed by atoms with Crippen molar-refractivity contribution in [2.75, 3.05) is 7.05 Å². The molecule has 0 aliphatic heterocycles. The quantitative estimate of drug-likeness (QED) is 0.461. The van der Waals surface area contributed by atoms with Gasteiger partial charge in [-0.25, -0.2) is 0 Å². The highest BCUT2D eigenvalue weighted by atomic mass is 127. The Kier molecular flexibility index (Phi) is 7.34. The molecule has 0 amide bonds. The smallest absolute Gasteiger partial charge is 0.191 e. The van der Waals surface area contributed by atoms with E-state index in [2.05, 4.69) is 53.7 Å². The van der Waals surface area contributed by atoms with Crippen molar-refractivity contribution in [3.63, 3.8) is 0 Å². The van der Waals surface area contributed by atoms with E-state index in [4.69, 9.17) is 0 Å². The number of benzene rings is 1. The minimum absolute atomic E-state index is 0. The first-order valence-electron chi connectivity index (χ1n) is 7.25. The van der Waals surface area contributed by atoms with Crippen LogP contribution in [0, 0.1) is 12.8 Å². The van der Waals surface area contributed by atoms with Gasteiger partial charge in [-0.3, -0.25) is 4.99 Å². The molecule has 1 aliphatic carbocycles. The van der Waals surface area contributed by atoms with E-state index in [1.54, 1.807) is 0 Å². The summed E-state index contributed by atoms with van der Waals surface area (Å²) in [6, 6.07) is 9.20. The number of hydrogen-bond donors (Lipinski definition) is 2. The second-order valence-corrected chi connectivity index (χ2v) is 5.45. The highest BCUT2D eigenvalue weighted by Gasteiger charge is 2.36. The molecular weight excluding hydrogens is 361 g/mol. The van der Waals surface area contributed by atoms with Crippen LogP contribution >= 0.6 is 24.0 Å². The highest BCUT2D eigenvalue weighted by Crippen LogP contribution is 2.34. The monoisotopic (exact) mass is 387 g/mol. The molecular formula is C16H26IN3. The van der Waals surface area contributed by atoms with Gasteiger partial charge in [-0.2, -0.15) is 0 Å². The Hall–Kier alpha value is -0.780. The van der Waals surface area contributed by atoms with Gasteiger partial charge in [0.1, 0.15) is 0 Å². The van der Waals surface area contributed by atoms with Crippen molar-refractivity contribution in [2.45, 2.75) is 45.7 Å². The maximum absolute atomic E-state index is 4.29. The summed E-state index contributed by atoms with van der Waals surface area (Å²) in [5.74, 6) is 1.77.